The van der Waals surface area contributed by atoms with E-state index in [-0.39, 0.29) is 18.5 Å². The van der Waals surface area contributed by atoms with E-state index in [2.05, 4.69) is 29.7 Å². The zero-order valence-corrected chi connectivity index (χ0v) is 14.8. The Labute approximate surface area is 143 Å². The number of nitrogens with one attached hydrogen (secondary N) is 2. The molecule has 2 aromatic rings. The minimum atomic E-state index is -0.0409. The van der Waals surface area contributed by atoms with Gasteiger partial charge in [0.1, 0.15) is 0 Å². The van der Waals surface area contributed by atoms with E-state index >= 15 is 0 Å². The molecule has 1 atom stereocenters. The fraction of sp³-hybridized carbons (Fsp3) is 0.316. The molecule has 4 heteroatoms. The van der Waals surface area contributed by atoms with Crippen molar-refractivity contribution < 1.29 is 4.79 Å². The molecular weight excluding hydrogens is 308 g/mol. The summed E-state index contributed by atoms with van der Waals surface area (Å²) in [6.45, 7) is 8.37. The third-order valence-corrected chi connectivity index (χ3v) is 4.13. The fourth-order valence-electron chi connectivity index (χ4n) is 2.68. The number of halogens is 1. The summed E-state index contributed by atoms with van der Waals surface area (Å²) in [6.07, 6.45) is 0. The second-order valence-corrected chi connectivity index (χ2v) is 6.41. The van der Waals surface area contributed by atoms with Crippen molar-refractivity contribution >= 4 is 23.2 Å². The predicted octanol–water partition coefficient (Wildman–Crippen LogP) is 4.55. The van der Waals surface area contributed by atoms with Crippen LogP contribution in [-0.4, -0.2) is 12.5 Å². The van der Waals surface area contributed by atoms with Gasteiger partial charge >= 0.3 is 0 Å². The SMILES string of the molecule is Cc1cc(C)c(NC(=O)CN[C@@H](C)c2ccc(Cl)cc2)c(C)c1. The number of hydrogen-bond acceptors (Lipinski definition) is 2. The van der Waals surface area contributed by atoms with Gasteiger partial charge in [-0.25, -0.2) is 0 Å². The highest BCUT2D eigenvalue weighted by Gasteiger charge is 2.10. The Hall–Kier alpha value is -1.84. The van der Waals surface area contributed by atoms with Gasteiger partial charge in [0.05, 0.1) is 6.54 Å². The van der Waals surface area contributed by atoms with Gasteiger partial charge in [-0.2, -0.15) is 0 Å². The molecule has 2 N–H and O–H groups in total. The van der Waals surface area contributed by atoms with Gasteiger partial charge in [-0.15, -0.1) is 0 Å². The summed E-state index contributed by atoms with van der Waals surface area (Å²) in [4.78, 5) is 12.2. The molecule has 0 saturated heterocycles. The summed E-state index contributed by atoms with van der Waals surface area (Å²) in [7, 11) is 0. The second-order valence-electron chi connectivity index (χ2n) is 5.98. The molecule has 3 nitrogen and oxygen atoms in total. The number of hydrogen-bond donors (Lipinski definition) is 2. The maximum atomic E-state index is 12.2. The summed E-state index contributed by atoms with van der Waals surface area (Å²) in [6, 6.07) is 11.9. The highest BCUT2D eigenvalue weighted by Crippen LogP contribution is 2.22. The van der Waals surface area contributed by atoms with Gasteiger partial charge in [-0.3, -0.25) is 4.79 Å². The first kappa shape index (κ1) is 17.5. The Bertz CT molecular complexity index is 672. The van der Waals surface area contributed by atoms with Gasteiger partial charge in [-0.05, 0) is 56.5 Å². The van der Waals surface area contributed by atoms with E-state index in [9.17, 15) is 4.79 Å². The topological polar surface area (TPSA) is 41.1 Å². The molecule has 0 spiro atoms. The van der Waals surface area contributed by atoms with Gasteiger partial charge in [0, 0.05) is 16.8 Å². The fourth-order valence-corrected chi connectivity index (χ4v) is 2.80. The first-order valence-corrected chi connectivity index (χ1v) is 8.11. The van der Waals surface area contributed by atoms with Crippen LogP contribution in [0.25, 0.3) is 0 Å². The molecule has 0 aliphatic heterocycles. The average molecular weight is 331 g/mol. The van der Waals surface area contributed by atoms with Crippen LogP contribution in [0.3, 0.4) is 0 Å². The molecule has 2 rings (SSSR count). The summed E-state index contributed by atoms with van der Waals surface area (Å²) in [5, 5.41) is 6.94. The van der Waals surface area contributed by atoms with Crippen LogP contribution in [0.15, 0.2) is 36.4 Å². The van der Waals surface area contributed by atoms with Crippen LogP contribution >= 0.6 is 11.6 Å². The van der Waals surface area contributed by atoms with Crippen molar-refractivity contribution in [3.8, 4) is 0 Å². The van der Waals surface area contributed by atoms with E-state index in [0.29, 0.717) is 5.02 Å². The average Bonchev–Trinajstić information content (AvgIpc) is 2.49. The number of benzene rings is 2. The van der Waals surface area contributed by atoms with Crippen LogP contribution in [-0.2, 0) is 4.79 Å². The van der Waals surface area contributed by atoms with Crippen molar-refractivity contribution in [3.63, 3.8) is 0 Å². The minimum Gasteiger partial charge on any atom is -0.324 e. The number of anilines is 1. The third-order valence-electron chi connectivity index (χ3n) is 3.88. The van der Waals surface area contributed by atoms with Crippen LogP contribution in [0.2, 0.25) is 5.02 Å². The van der Waals surface area contributed by atoms with Gasteiger partial charge < -0.3 is 10.6 Å². The van der Waals surface area contributed by atoms with Gasteiger partial charge in [0.2, 0.25) is 5.91 Å². The van der Waals surface area contributed by atoms with Gasteiger partial charge in [-0.1, -0.05) is 41.4 Å². The quantitative estimate of drug-likeness (QED) is 0.844. The van der Waals surface area contributed by atoms with E-state index in [0.717, 1.165) is 22.4 Å². The van der Waals surface area contributed by atoms with E-state index < -0.39 is 0 Å². The Morgan fingerprint density at radius 3 is 2.22 bits per heavy atom. The van der Waals surface area contributed by atoms with Crippen molar-refractivity contribution in [1.82, 2.24) is 5.32 Å². The zero-order valence-electron chi connectivity index (χ0n) is 14.0. The predicted molar refractivity (Wildman–Crippen MR) is 97.2 cm³/mol. The Kier molecular flexibility index (Phi) is 5.80. The monoisotopic (exact) mass is 330 g/mol. The maximum Gasteiger partial charge on any atom is 0.238 e. The molecule has 0 fully saturated rings. The number of carbonyl (C=O) groups excluding carboxylic acids is 1. The van der Waals surface area contributed by atoms with E-state index in [4.69, 9.17) is 11.6 Å². The lowest BCUT2D eigenvalue weighted by atomic mass is 10.1. The van der Waals surface area contributed by atoms with E-state index in [1.165, 1.54) is 5.56 Å². The first-order chi connectivity index (χ1) is 10.9. The van der Waals surface area contributed by atoms with Crippen LogP contribution in [0, 0.1) is 20.8 Å². The van der Waals surface area contributed by atoms with Crippen LogP contribution in [0.1, 0.15) is 35.2 Å². The molecule has 0 unspecified atom stereocenters. The Balaban J connectivity index is 1.94. The second kappa shape index (κ2) is 7.62. The number of aryl methyl sites for hydroxylation is 3. The van der Waals surface area contributed by atoms with E-state index in [1.54, 1.807) is 0 Å². The first-order valence-electron chi connectivity index (χ1n) is 7.73. The molecule has 0 aliphatic carbocycles. The third kappa shape index (κ3) is 4.81. The Morgan fingerprint density at radius 2 is 1.65 bits per heavy atom. The molecule has 2 aromatic carbocycles. The Morgan fingerprint density at radius 1 is 1.09 bits per heavy atom. The van der Waals surface area contributed by atoms with Crippen molar-refractivity contribution in [3.05, 3.63) is 63.7 Å². The molecule has 0 aliphatic rings. The lowest BCUT2D eigenvalue weighted by Crippen LogP contribution is -2.30. The molecule has 122 valence electrons. The number of rotatable bonds is 5. The summed E-state index contributed by atoms with van der Waals surface area (Å²) < 4.78 is 0. The highest BCUT2D eigenvalue weighted by atomic mass is 35.5. The smallest absolute Gasteiger partial charge is 0.238 e. The molecule has 1 amide bonds. The molecule has 0 saturated carbocycles. The molecule has 0 bridgehead atoms. The largest absolute Gasteiger partial charge is 0.324 e. The lowest BCUT2D eigenvalue weighted by Gasteiger charge is -2.16. The van der Waals surface area contributed by atoms with Crippen molar-refractivity contribution in [2.24, 2.45) is 0 Å². The lowest BCUT2D eigenvalue weighted by molar-refractivity contribution is -0.115. The molecule has 0 aromatic heterocycles. The highest BCUT2D eigenvalue weighted by molar-refractivity contribution is 6.30. The number of carbonyl (C=O) groups is 1. The van der Waals surface area contributed by atoms with Crippen molar-refractivity contribution in [2.45, 2.75) is 33.7 Å². The summed E-state index contributed by atoms with van der Waals surface area (Å²) >= 11 is 5.89. The van der Waals surface area contributed by atoms with Gasteiger partial charge in [0.15, 0.2) is 0 Å². The maximum absolute atomic E-state index is 12.2. The summed E-state index contributed by atoms with van der Waals surface area (Å²) in [5.41, 5.74) is 5.38. The standard InChI is InChI=1S/C19H23ClN2O/c1-12-9-13(2)19(14(3)10-12)22-18(23)11-21-15(4)16-5-7-17(20)8-6-16/h5-10,15,21H,11H2,1-4H3,(H,22,23)/t15-/m0/s1. The van der Waals surface area contributed by atoms with Crippen LogP contribution in [0.4, 0.5) is 5.69 Å². The summed E-state index contributed by atoms with van der Waals surface area (Å²) in [5.74, 6) is -0.0409. The molecule has 0 radical (unpaired) electrons. The van der Waals surface area contributed by atoms with Crippen LogP contribution < -0.4 is 10.6 Å². The van der Waals surface area contributed by atoms with Crippen molar-refractivity contribution in [2.75, 3.05) is 11.9 Å². The molecular formula is C19H23ClN2O. The normalized spacial score (nSPS) is 12.0. The van der Waals surface area contributed by atoms with Gasteiger partial charge in [0.25, 0.3) is 0 Å². The molecule has 0 heterocycles. The van der Waals surface area contributed by atoms with Crippen molar-refractivity contribution in [1.29, 1.82) is 0 Å². The van der Waals surface area contributed by atoms with Crippen LogP contribution in [0.5, 0.6) is 0 Å². The minimum absolute atomic E-state index is 0.0409. The number of amides is 1. The zero-order chi connectivity index (χ0) is 17.0. The van der Waals surface area contributed by atoms with E-state index in [1.807, 2.05) is 45.0 Å². The molecule has 23 heavy (non-hydrogen) atoms.